The van der Waals surface area contributed by atoms with Gasteiger partial charge in [-0.25, -0.2) is 19.2 Å². The summed E-state index contributed by atoms with van der Waals surface area (Å²) in [7, 11) is 1.64. The Morgan fingerprint density at radius 3 is 2.46 bits per heavy atom. The number of benzene rings is 2. The molecule has 3 aromatic heterocycles. The van der Waals surface area contributed by atoms with E-state index >= 15 is 0 Å². The average Bonchev–Trinajstić information content (AvgIpc) is 3.37. The molecule has 5 rings (SSSR count). The highest BCUT2D eigenvalue weighted by Gasteiger charge is 2.16. The highest BCUT2D eigenvalue weighted by Crippen LogP contribution is 2.32. The van der Waals surface area contributed by atoms with Gasteiger partial charge in [-0.05, 0) is 60.0 Å². The summed E-state index contributed by atoms with van der Waals surface area (Å²) in [6, 6.07) is 21.4. The van der Waals surface area contributed by atoms with Gasteiger partial charge >= 0.3 is 5.97 Å². The Balaban J connectivity index is 1.40. The Morgan fingerprint density at radius 1 is 0.973 bits per heavy atom. The molecule has 0 fully saturated rings. The SMILES string of the molecule is COc1ccc(CCN(Cc2ccc(-c3cccc(C(=O)O)n3)nc2)c2nc3cccc(F)c3s2)cc1. The van der Waals surface area contributed by atoms with E-state index in [2.05, 4.69) is 14.9 Å². The number of aromatic nitrogens is 3. The van der Waals surface area contributed by atoms with Gasteiger partial charge in [0.1, 0.15) is 17.3 Å². The lowest BCUT2D eigenvalue weighted by Gasteiger charge is -2.22. The molecule has 0 saturated carbocycles. The molecule has 0 radical (unpaired) electrons. The largest absolute Gasteiger partial charge is 0.497 e. The highest BCUT2D eigenvalue weighted by molar-refractivity contribution is 7.22. The van der Waals surface area contributed by atoms with Gasteiger partial charge in [0.15, 0.2) is 5.13 Å². The first-order valence-electron chi connectivity index (χ1n) is 11.6. The second-order valence-corrected chi connectivity index (χ2v) is 9.35. The van der Waals surface area contributed by atoms with Crippen LogP contribution in [0.25, 0.3) is 21.6 Å². The van der Waals surface area contributed by atoms with Gasteiger partial charge in [-0.1, -0.05) is 41.7 Å². The number of aromatic carboxylic acids is 1. The van der Waals surface area contributed by atoms with E-state index in [1.165, 1.54) is 23.5 Å². The predicted molar refractivity (Wildman–Crippen MR) is 142 cm³/mol. The number of methoxy groups -OCH3 is 1. The number of thiazole rings is 1. The molecule has 5 aromatic rings. The van der Waals surface area contributed by atoms with Crippen molar-refractivity contribution >= 4 is 32.7 Å². The van der Waals surface area contributed by atoms with Gasteiger partial charge in [0.2, 0.25) is 0 Å². The minimum absolute atomic E-state index is 0.0313. The summed E-state index contributed by atoms with van der Waals surface area (Å²) >= 11 is 1.33. The number of halogens is 1. The monoisotopic (exact) mass is 514 g/mol. The van der Waals surface area contributed by atoms with Crippen LogP contribution in [0, 0.1) is 5.82 Å². The maximum absolute atomic E-state index is 14.4. The molecule has 0 spiro atoms. The second-order valence-electron chi connectivity index (χ2n) is 8.37. The predicted octanol–water partition coefficient (Wildman–Crippen LogP) is 5.85. The Labute approximate surface area is 216 Å². The molecule has 2 aromatic carbocycles. The van der Waals surface area contributed by atoms with E-state index in [9.17, 15) is 14.3 Å². The van der Waals surface area contributed by atoms with Crippen molar-refractivity contribution in [3.63, 3.8) is 0 Å². The fourth-order valence-corrected chi connectivity index (χ4v) is 4.92. The van der Waals surface area contributed by atoms with Crippen molar-refractivity contribution in [2.75, 3.05) is 18.6 Å². The number of fused-ring (bicyclic) bond motifs is 1. The molecular weight excluding hydrogens is 491 g/mol. The number of hydrogen-bond acceptors (Lipinski definition) is 7. The zero-order valence-electron chi connectivity index (χ0n) is 20.0. The summed E-state index contributed by atoms with van der Waals surface area (Å²) in [5.41, 5.74) is 3.76. The maximum Gasteiger partial charge on any atom is 0.354 e. The minimum Gasteiger partial charge on any atom is -0.497 e. The van der Waals surface area contributed by atoms with Crippen LogP contribution in [-0.4, -0.2) is 39.7 Å². The number of pyridine rings is 2. The van der Waals surface area contributed by atoms with Crippen LogP contribution in [0.2, 0.25) is 0 Å². The van der Waals surface area contributed by atoms with E-state index in [1.54, 1.807) is 31.5 Å². The van der Waals surface area contributed by atoms with Gasteiger partial charge < -0.3 is 14.7 Å². The standard InChI is InChI=1S/C28H23FN4O3S/c1-36-20-11-8-18(9-12-20)14-15-33(28-32-24-6-2-4-21(29)26(24)37-28)17-19-10-13-22(30-16-19)23-5-3-7-25(31-23)27(34)35/h2-13,16H,14-15,17H2,1H3,(H,34,35). The van der Waals surface area contributed by atoms with Gasteiger partial charge in [-0.3, -0.25) is 4.98 Å². The molecule has 0 aliphatic heterocycles. The first-order chi connectivity index (χ1) is 18.0. The van der Waals surface area contributed by atoms with Crippen LogP contribution >= 0.6 is 11.3 Å². The topological polar surface area (TPSA) is 88.4 Å². The van der Waals surface area contributed by atoms with E-state index in [4.69, 9.17) is 9.72 Å². The molecule has 1 N–H and O–H groups in total. The summed E-state index contributed by atoms with van der Waals surface area (Å²) < 4.78 is 20.2. The molecular formula is C28H23FN4O3S. The molecule has 0 bridgehead atoms. The van der Waals surface area contributed by atoms with Crippen LogP contribution < -0.4 is 9.64 Å². The minimum atomic E-state index is -1.08. The van der Waals surface area contributed by atoms with Crippen molar-refractivity contribution in [3.8, 4) is 17.1 Å². The molecule has 3 heterocycles. The molecule has 7 nitrogen and oxygen atoms in total. The first-order valence-corrected chi connectivity index (χ1v) is 12.4. The summed E-state index contributed by atoms with van der Waals surface area (Å²) in [6.07, 6.45) is 2.51. The lowest BCUT2D eigenvalue weighted by atomic mass is 10.1. The van der Waals surface area contributed by atoms with Gasteiger partial charge in [0, 0.05) is 19.3 Å². The van der Waals surface area contributed by atoms with E-state index in [1.807, 2.05) is 42.5 Å². The maximum atomic E-state index is 14.4. The van der Waals surface area contributed by atoms with Crippen LogP contribution in [0.1, 0.15) is 21.6 Å². The van der Waals surface area contributed by atoms with Gasteiger partial charge in [-0.2, -0.15) is 0 Å². The molecule has 0 unspecified atom stereocenters. The number of carboxylic acids is 1. The van der Waals surface area contributed by atoms with Crippen molar-refractivity contribution in [2.45, 2.75) is 13.0 Å². The number of ether oxygens (including phenoxy) is 1. The number of rotatable bonds is 9. The third-order valence-electron chi connectivity index (χ3n) is 5.88. The number of carbonyl (C=O) groups is 1. The fraction of sp³-hybridized carbons (Fsp3) is 0.143. The lowest BCUT2D eigenvalue weighted by Crippen LogP contribution is -2.25. The summed E-state index contributed by atoms with van der Waals surface area (Å²) in [5.74, 6) is -0.562. The van der Waals surface area contributed by atoms with Crippen molar-refractivity contribution in [3.05, 3.63) is 102 Å². The average molecular weight is 515 g/mol. The first kappa shape index (κ1) is 24.3. The molecule has 0 saturated heterocycles. The lowest BCUT2D eigenvalue weighted by molar-refractivity contribution is 0.0690. The summed E-state index contributed by atoms with van der Waals surface area (Å²) in [4.78, 5) is 26.8. The van der Waals surface area contributed by atoms with Crippen LogP contribution in [0.5, 0.6) is 5.75 Å². The molecule has 0 aliphatic rings. The molecule has 9 heteroatoms. The third-order valence-corrected chi connectivity index (χ3v) is 7.02. The van der Waals surface area contributed by atoms with Crippen molar-refractivity contribution in [1.82, 2.24) is 15.0 Å². The number of hydrogen-bond donors (Lipinski definition) is 1. The quantitative estimate of drug-likeness (QED) is 0.264. The summed E-state index contributed by atoms with van der Waals surface area (Å²) in [5, 5.41) is 9.94. The third kappa shape index (κ3) is 5.57. The second kappa shape index (κ2) is 10.7. The zero-order valence-corrected chi connectivity index (χ0v) is 20.8. The van der Waals surface area contributed by atoms with E-state index in [0.717, 1.165) is 28.4 Å². The van der Waals surface area contributed by atoms with Gasteiger partial charge in [0.05, 0.1) is 28.7 Å². The molecule has 186 valence electrons. The smallest absolute Gasteiger partial charge is 0.354 e. The Morgan fingerprint density at radius 2 is 1.76 bits per heavy atom. The van der Waals surface area contributed by atoms with Crippen molar-refractivity contribution in [2.24, 2.45) is 0 Å². The highest BCUT2D eigenvalue weighted by atomic mass is 32.1. The molecule has 0 amide bonds. The molecule has 0 atom stereocenters. The van der Waals surface area contributed by atoms with Gasteiger partial charge in [0.25, 0.3) is 0 Å². The van der Waals surface area contributed by atoms with E-state index < -0.39 is 5.97 Å². The Bertz CT molecular complexity index is 1540. The number of nitrogens with zero attached hydrogens (tertiary/aromatic N) is 4. The number of carboxylic acid groups (broad SMARTS) is 1. The zero-order chi connectivity index (χ0) is 25.8. The van der Waals surface area contributed by atoms with Crippen LogP contribution in [0.15, 0.2) is 79.0 Å². The van der Waals surface area contributed by atoms with Crippen molar-refractivity contribution in [1.29, 1.82) is 0 Å². The normalized spacial score (nSPS) is 11.0. The fourth-order valence-electron chi connectivity index (χ4n) is 3.92. The van der Waals surface area contributed by atoms with Crippen LogP contribution in [0.3, 0.4) is 0 Å². The Kier molecular flexibility index (Phi) is 7.04. The van der Waals surface area contributed by atoms with E-state index in [0.29, 0.717) is 34.7 Å². The van der Waals surface area contributed by atoms with Crippen molar-refractivity contribution < 1.29 is 19.0 Å². The number of anilines is 1. The van der Waals surface area contributed by atoms with E-state index in [-0.39, 0.29) is 11.5 Å². The van der Waals surface area contributed by atoms with Crippen LogP contribution in [-0.2, 0) is 13.0 Å². The molecule has 37 heavy (non-hydrogen) atoms. The molecule has 0 aliphatic carbocycles. The van der Waals surface area contributed by atoms with Gasteiger partial charge in [-0.15, -0.1) is 0 Å². The summed E-state index contributed by atoms with van der Waals surface area (Å²) in [6.45, 7) is 1.19. The Hall–Kier alpha value is -4.37. The van der Waals surface area contributed by atoms with Crippen LogP contribution in [0.4, 0.5) is 9.52 Å².